The Morgan fingerprint density at radius 2 is 2.33 bits per heavy atom. The summed E-state index contributed by atoms with van der Waals surface area (Å²) >= 11 is 0. The standard InChI is InChI=1S/C15H26N2O/c1-4-14(15-8-6-10-18-15)17(12(2)3)11-13-7-5-9-16-13/h6,8,10,12-14,16H,4-5,7,9,11H2,1-3H3. The number of rotatable bonds is 6. The van der Waals surface area contributed by atoms with Gasteiger partial charge in [-0.15, -0.1) is 0 Å². The summed E-state index contributed by atoms with van der Waals surface area (Å²) in [6.45, 7) is 9.09. The van der Waals surface area contributed by atoms with E-state index in [0.717, 1.165) is 18.7 Å². The Kier molecular flexibility index (Phi) is 4.84. The van der Waals surface area contributed by atoms with E-state index in [-0.39, 0.29) is 0 Å². The van der Waals surface area contributed by atoms with Gasteiger partial charge in [0.1, 0.15) is 5.76 Å². The van der Waals surface area contributed by atoms with Crippen molar-refractivity contribution in [2.45, 2.75) is 58.2 Å². The van der Waals surface area contributed by atoms with E-state index in [1.165, 1.54) is 19.4 Å². The second kappa shape index (κ2) is 6.39. The molecule has 0 saturated carbocycles. The van der Waals surface area contributed by atoms with Gasteiger partial charge >= 0.3 is 0 Å². The molecule has 3 heteroatoms. The first-order valence-electron chi connectivity index (χ1n) is 7.25. The molecule has 0 bridgehead atoms. The van der Waals surface area contributed by atoms with Crippen molar-refractivity contribution in [3.05, 3.63) is 24.2 Å². The number of hydrogen-bond acceptors (Lipinski definition) is 3. The van der Waals surface area contributed by atoms with Crippen LogP contribution in [0.1, 0.15) is 51.8 Å². The van der Waals surface area contributed by atoms with Crippen molar-refractivity contribution in [3.8, 4) is 0 Å². The van der Waals surface area contributed by atoms with Crippen LogP contribution >= 0.6 is 0 Å². The molecule has 18 heavy (non-hydrogen) atoms. The normalized spacial score (nSPS) is 21.9. The summed E-state index contributed by atoms with van der Waals surface area (Å²) in [6.07, 6.45) is 5.49. The van der Waals surface area contributed by atoms with E-state index in [9.17, 15) is 0 Å². The summed E-state index contributed by atoms with van der Waals surface area (Å²) in [5.41, 5.74) is 0. The summed E-state index contributed by atoms with van der Waals surface area (Å²) in [6, 6.07) is 5.69. The maximum Gasteiger partial charge on any atom is 0.120 e. The summed E-state index contributed by atoms with van der Waals surface area (Å²) < 4.78 is 5.62. The lowest BCUT2D eigenvalue weighted by Gasteiger charge is -2.35. The van der Waals surface area contributed by atoms with Gasteiger partial charge in [-0.05, 0) is 51.8 Å². The molecular weight excluding hydrogens is 224 g/mol. The number of nitrogens with one attached hydrogen (secondary N) is 1. The highest BCUT2D eigenvalue weighted by atomic mass is 16.3. The molecule has 1 aliphatic rings. The van der Waals surface area contributed by atoms with Crippen molar-refractivity contribution in [1.29, 1.82) is 0 Å². The molecule has 3 nitrogen and oxygen atoms in total. The molecular formula is C15H26N2O. The lowest BCUT2D eigenvalue weighted by atomic mass is 10.1. The summed E-state index contributed by atoms with van der Waals surface area (Å²) in [5, 5.41) is 3.59. The Hall–Kier alpha value is -0.800. The minimum Gasteiger partial charge on any atom is -0.468 e. The van der Waals surface area contributed by atoms with Crippen molar-refractivity contribution < 1.29 is 4.42 Å². The SMILES string of the molecule is CCC(c1ccco1)N(CC1CCCN1)C(C)C. The zero-order chi connectivity index (χ0) is 13.0. The maximum atomic E-state index is 5.62. The van der Waals surface area contributed by atoms with Gasteiger partial charge in [0.15, 0.2) is 0 Å². The fourth-order valence-electron chi connectivity index (χ4n) is 2.94. The first-order chi connectivity index (χ1) is 8.72. The van der Waals surface area contributed by atoms with Crippen LogP contribution < -0.4 is 5.32 Å². The van der Waals surface area contributed by atoms with Crippen molar-refractivity contribution >= 4 is 0 Å². The molecule has 0 spiro atoms. The van der Waals surface area contributed by atoms with Crippen molar-refractivity contribution in [2.75, 3.05) is 13.1 Å². The van der Waals surface area contributed by atoms with Crippen LogP contribution in [-0.4, -0.2) is 30.1 Å². The third-order valence-electron chi connectivity index (χ3n) is 3.92. The molecule has 1 fully saturated rings. The van der Waals surface area contributed by atoms with Gasteiger partial charge in [-0.25, -0.2) is 0 Å². The van der Waals surface area contributed by atoms with Gasteiger partial charge in [-0.1, -0.05) is 6.92 Å². The molecule has 102 valence electrons. The van der Waals surface area contributed by atoms with Crippen molar-refractivity contribution in [1.82, 2.24) is 10.2 Å². The van der Waals surface area contributed by atoms with E-state index in [2.05, 4.69) is 37.1 Å². The largest absolute Gasteiger partial charge is 0.468 e. The van der Waals surface area contributed by atoms with Gasteiger partial charge in [0, 0.05) is 18.6 Å². The highest BCUT2D eigenvalue weighted by Gasteiger charge is 2.27. The van der Waals surface area contributed by atoms with Crippen LogP contribution in [0.25, 0.3) is 0 Å². The van der Waals surface area contributed by atoms with Crippen LogP contribution in [0.3, 0.4) is 0 Å². The summed E-state index contributed by atoms with van der Waals surface area (Å²) in [7, 11) is 0. The topological polar surface area (TPSA) is 28.4 Å². The molecule has 0 radical (unpaired) electrons. The molecule has 1 aliphatic heterocycles. The summed E-state index contributed by atoms with van der Waals surface area (Å²) in [5.74, 6) is 1.10. The van der Waals surface area contributed by atoms with E-state index in [1.807, 2.05) is 6.07 Å². The van der Waals surface area contributed by atoms with Crippen LogP contribution in [0.4, 0.5) is 0 Å². The maximum absolute atomic E-state index is 5.62. The highest BCUT2D eigenvalue weighted by molar-refractivity contribution is 5.05. The molecule has 2 unspecified atom stereocenters. The molecule has 0 aliphatic carbocycles. The second-order valence-electron chi connectivity index (χ2n) is 5.52. The van der Waals surface area contributed by atoms with E-state index < -0.39 is 0 Å². The Balaban J connectivity index is 2.07. The molecule has 1 aromatic rings. The Morgan fingerprint density at radius 3 is 2.83 bits per heavy atom. The molecule has 0 aromatic carbocycles. The van der Waals surface area contributed by atoms with Gasteiger partial charge in [0.25, 0.3) is 0 Å². The fourth-order valence-corrected chi connectivity index (χ4v) is 2.94. The Labute approximate surface area is 111 Å². The fraction of sp³-hybridized carbons (Fsp3) is 0.733. The quantitative estimate of drug-likeness (QED) is 0.840. The smallest absolute Gasteiger partial charge is 0.120 e. The zero-order valence-corrected chi connectivity index (χ0v) is 11.9. The Bertz CT molecular complexity index is 328. The van der Waals surface area contributed by atoms with Crippen molar-refractivity contribution in [2.24, 2.45) is 0 Å². The molecule has 2 atom stereocenters. The van der Waals surface area contributed by atoms with Crippen molar-refractivity contribution in [3.63, 3.8) is 0 Å². The minimum absolute atomic E-state index is 0.405. The number of furan rings is 1. The van der Waals surface area contributed by atoms with E-state index in [1.54, 1.807) is 6.26 Å². The monoisotopic (exact) mass is 250 g/mol. The van der Waals surface area contributed by atoms with Gasteiger partial charge in [0.2, 0.25) is 0 Å². The average molecular weight is 250 g/mol. The zero-order valence-electron chi connectivity index (χ0n) is 11.9. The van der Waals surface area contributed by atoms with E-state index in [0.29, 0.717) is 18.1 Å². The Morgan fingerprint density at radius 1 is 1.50 bits per heavy atom. The molecule has 1 saturated heterocycles. The van der Waals surface area contributed by atoms with Crippen LogP contribution in [0, 0.1) is 0 Å². The molecule has 0 amide bonds. The van der Waals surface area contributed by atoms with Gasteiger partial charge in [-0.2, -0.15) is 0 Å². The minimum atomic E-state index is 0.405. The third-order valence-corrected chi connectivity index (χ3v) is 3.92. The molecule has 2 heterocycles. The van der Waals surface area contributed by atoms with Crippen LogP contribution in [0.5, 0.6) is 0 Å². The lowest BCUT2D eigenvalue weighted by Crippen LogP contribution is -2.43. The molecule has 2 rings (SSSR count). The average Bonchev–Trinajstić information content (AvgIpc) is 3.00. The van der Waals surface area contributed by atoms with E-state index in [4.69, 9.17) is 4.42 Å². The predicted molar refractivity (Wildman–Crippen MR) is 74.6 cm³/mol. The summed E-state index contributed by atoms with van der Waals surface area (Å²) in [4.78, 5) is 2.57. The van der Waals surface area contributed by atoms with Gasteiger partial charge in [0.05, 0.1) is 12.3 Å². The van der Waals surface area contributed by atoms with Crippen LogP contribution in [-0.2, 0) is 0 Å². The van der Waals surface area contributed by atoms with E-state index >= 15 is 0 Å². The molecule has 1 N–H and O–H groups in total. The second-order valence-corrected chi connectivity index (χ2v) is 5.52. The van der Waals surface area contributed by atoms with Crippen LogP contribution in [0.2, 0.25) is 0 Å². The van der Waals surface area contributed by atoms with Gasteiger partial charge in [-0.3, -0.25) is 4.90 Å². The van der Waals surface area contributed by atoms with Gasteiger partial charge < -0.3 is 9.73 Å². The number of hydrogen-bond donors (Lipinski definition) is 1. The predicted octanol–water partition coefficient (Wildman–Crippen LogP) is 3.19. The number of nitrogens with zero attached hydrogens (tertiary/aromatic N) is 1. The third kappa shape index (κ3) is 3.15. The lowest BCUT2D eigenvalue weighted by molar-refractivity contribution is 0.119. The highest BCUT2D eigenvalue weighted by Crippen LogP contribution is 2.27. The molecule has 1 aromatic heterocycles. The first-order valence-corrected chi connectivity index (χ1v) is 7.25. The first kappa shape index (κ1) is 13.6. The van der Waals surface area contributed by atoms with Crippen LogP contribution in [0.15, 0.2) is 22.8 Å².